The topological polar surface area (TPSA) is 32.8 Å². The first-order chi connectivity index (χ1) is 11.7. The molecule has 1 aromatic carbocycles. The molecular formula is C20H26N2O2. The molecule has 2 bridgehead atoms. The SMILES string of the molecule is C=CCC(=O)N1C[C@@H](c2ccc(OC)cc2)[C@@H]2[C@H]1C1CCN2CC1. The van der Waals surface area contributed by atoms with Gasteiger partial charge < -0.3 is 9.64 Å². The number of hydrogen-bond acceptors (Lipinski definition) is 3. The molecule has 1 amide bonds. The van der Waals surface area contributed by atoms with E-state index >= 15 is 0 Å². The second-order valence-electron chi connectivity index (χ2n) is 7.27. The van der Waals surface area contributed by atoms with Gasteiger partial charge in [-0.3, -0.25) is 9.69 Å². The van der Waals surface area contributed by atoms with E-state index in [-0.39, 0.29) is 5.91 Å². The number of rotatable bonds is 4. The Morgan fingerprint density at radius 2 is 1.96 bits per heavy atom. The summed E-state index contributed by atoms with van der Waals surface area (Å²) < 4.78 is 5.29. The molecule has 4 nitrogen and oxygen atoms in total. The van der Waals surface area contributed by atoms with Gasteiger partial charge in [0.1, 0.15) is 5.75 Å². The molecule has 0 saturated carbocycles. The van der Waals surface area contributed by atoms with Crippen molar-refractivity contribution in [3.8, 4) is 5.75 Å². The summed E-state index contributed by atoms with van der Waals surface area (Å²) in [7, 11) is 1.70. The Kier molecular flexibility index (Phi) is 4.09. The third kappa shape index (κ3) is 2.44. The first-order valence-corrected chi connectivity index (χ1v) is 9.01. The molecule has 1 aromatic rings. The lowest BCUT2D eigenvalue weighted by atomic mass is 9.75. The summed E-state index contributed by atoms with van der Waals surface area (Å²) in [6.45, 7) is 6.95. The molecule has 0 aliphatic carbocycles. The van der Waals surface area contributed by atoms with Crippen molar-refractivity contribution in [2.24, 2.45) is 5.92 Å². The van der Waals surface area contributed by atoms with E-state index in [0.29, 0.717) is 30.3 Å². The molecule has 128 valence electrons. The standard InChI is InChI=1S/C20H26N2O2/c1-3-4-18(23)22-13-17(14-5-7-16(24-2)8-6-14)20-19(22)15-9-11-21(20)12-10-15/h3,5-8,15,17,19-20H,1,4,9-13H2,2H3/t17-,19+,20+/m0/s1. The average molecular weight is 326 g/mol. The van der Waals surface area contributed by atoms with E-state index in [1.165, 1.54) is 31.5 Å². The largest absolute Gasteiger partial charge is 0.497 e. The van der Waals surface area contributed by atoms with Gasteiger partial charge in [0, 0.05) is 24.9 Å². The third-order valence-corrected chi connectivity index (χ3v) is 6.18. The molecule has 4 aliphatic rings. The third-order valence-electron chi connectivity index (χ3n) is 6.18. The highest BCUT2D eigenvalue weighted by Gasteiger charge is 2.54. The molecule has 0 N–H and O–H groups in total. The van der Waals surface area contributed by atoms with Crippen molar-refractivity contribution in [3.05, 3.63) is 42.5 Å². The smallest absolute Gasteiger partial charge is 0.226 e. The molecule has 4 saturated heterocycles. The molecule has 4 fully saturated rings. The summed E-state index contributed by atoms with van der Waals surface area (Å²) in [6, 6.07) is 9.27. The van der Waals surface area contributed by atoms with Crippen molar-refractivity contribution >= 4 is 5.91 Å². The molecule has 24 heavy (non-hydrogen) atoms. The van der Waals surface area contributed by atoms with Crippen LogP contribution in [0.3, 0.4) is 0 Å². The molecule has 4 heteroatoms. The summed E-state index contributed by atoms with van der Waals surface area (Å²) in [4.78, 5) is 17.5. The highest BCUT2D eigenvalue weighted by molar-refractivity contribution is 5.78. The van der Waals surface area contributed by atoms with Gasteiger partial charge in [-0.2, -0.15) is 0 Å². The van der Waals surface area contributed by atoms with Gasteiger partial charge in [-0.1, -0.05) is 18.2 Å². The predicted molar refractivity (Wildman–Crippen MR) is 94.1 cm³/mol. The van der Waals surface area contributed by atoms with Gasteiger partial charge in [-0.15, -0.1) is 6.58 Å². The number of piperidine rings is 3. The minimum Gasteiger partial charge on any atom is -0.497 e. The van der Waals surface area contributed by atoms with Gasteiger partial charge in [-0.05, 0) is 49.5 Å². The predicted octanol–water partition coefficient (Wildman–Crippen LogP) is 2.66. The molecule has 5 rings (SSSR count). The minimum atomic E-state index is 0.241. The van der Waals surface area contributed by atoms with Crippen molar-refractivity contribution in [2.45, 2.75) is 37.3 Å². The number of likely N-dealkylation sites (tertiary alicyclic amines) is 1. The Labute approximate surface area is 144 Å². The van der Waals surface area contributed by atoms with Crippen molar-refractivity contribution in [3.63, 3.8) is 0 Å². The first kappa shape index (κ1) is 15.7. The number of carbonyl (C=O) groups is 1. The van der Waals surface area contributed by atoms with Crippen LogP contribution in [0.2, 0.25) is 0 Å². The van der Waals surface area contributed by atoms with Crippen LogP contribution in [0.25, 0.3) is 0 Å². The number of fused-ring (bicyclic) bond motifs is 2. The lowest BCUT2D eigenvalue weighted by Gasteiger charge is -2.51. The number of benzene rings is 1. The molecule has 0 spiro atoms. The van der Waals surface area contributed by atoms with E-state index < -0.39 is 0 Å². The van der Waals surface area contributed by atoms with Gasteiger partial charge in [0.05, 0.1) is 13.2 Å². The van der Waals surface area contributed by atoms with E-state index in [0.717, 1.165) is 12.3 Å². The van der Waals surface area contributed by atoms with E-state index in [9.17, 15) is 4.79 Å². The van der Waals surface area contributed by atoms with Crippen LogP contribution >= 0.6 is 0 Å². The number of methoxy groups -OCH3 is 1. The number of amides is 1. The molecular weight excluding hydrogens is 300 g/mol. The Bertz CT molecular complexity index is 619. The quantitative estimate of drug-likeness (QED) is 0.798. The molecule has 0 radical (unpaired) electrons. The summed E-state index contributed by atoms with van der Waals surface area (Å²) >= 11 is 0. The second kappa shape index (κ2) is 6.25. The maximum atomic E-state index is 12.7. The highest BCUT2D eigenvalue weighted by atomic mass is 16.5. The van der Waals surface area contributed by atoms with Crippen molar-refractivity contribution in [2.75, 3.05) is 26.7 Å². The van der Waals surface area contributed by atoms with Crippen molar-refractivity contribution < 1.29 is 9.53 Å². The summed E-state index contributed by atoms with van der Waals surface area (Å²) in [5.41, 5.74) is 1.33. The van der Waals surface area contributed by atoms with Gasteiger partial charge in [-0.25, -0.2) is 0 Å². The van der Waals surface area contributed by atoms with Crippen molar-refractivity contribution in [1.29, 1.82) is 0 Å². The molecule has 0 aromatic heterocycles. The molecule has 0 unspecified atom stereocenters. The number of nitrogens with zero attached hydrogens (tertiary/aromatic N) is 2. The Morgan fingerprint density at radius 3 is 2.58 bits per heavy atom. The molecule has 3 atom stereocenters. The fraction of sp³-hybridized carbons (Fsp3) is 0.550. The van der Waals surface area contributed by atoms with Crippen LogP contribution in [0.15, 0.2) is 36.9 Å². The monoisotopic (exact) mass is 326 g/mol. The summed E-state index contributed by atoms with van der Waals surface area (Å²) in [5, 5.41) is 0. The lowest BCUT2D eigenvalue weighted by molar-refractivity contribution is -0.135. The molecule has 4 aliphatic heterocycles. The Hall–Kier alpha value is -1.81. The number of ether oxygens (including phenoxy) is 1. The maximum Gasteiger partial charge on any atom is 0.226 e. The first-order valence-electron chi connectivity index (χ1n) is 9.01. The van der Waals surface area contributed by atoms with E-state index in [4.69, 9.17) is 4.74 Å². The van der Waals surface area contributed by atoms with Gasteiger partial charge in [0.25, 0.3) is 0 Å². The van der Waals surface area contributed by atoms with Crippen LogP contribution in [-0.2, 0) is 4.79 Å². The number of carbonyl (C=O) groups excluding carboxylic acids is 1. The normalized spacial score (nSPS) is 34.0. The van der Waals surface area contributed by atoms with Gasteiger partial charge in [0.15, 0.2) is 0 Å². The average Bonchev–Trinajstić information content (AvgIpc) is 3.06. The van der Waals surface area contributed by atoms with Crippen LogP contribution in [0.1, 0.15) is 30.7 Å². The van der Waals surface area contributed by atoms with Crippen LogP contribution < -0.4 is 4.74 Å². The minimum absolute atomic E-state index is 0.241. The van der Waals surface area contributed by atoms with Gasteiger partial charge >= 0.3 is 0 Å². The summed E-state index contributed by atoms with van der Waals surface area (Å²) in [6.07, 6.45) is 4.65. The Morgan fingerprint density at radius 1 is 1.25 bits per heavy atom. The van der Waals surface area contributed by atoms with Crippen LogP contribution in [0.5, 0.6) is 5.75 Å². The fourth-order valence-electron chi connectivity index (χ4n) is 5.09. The Balaban J connectivity index is 1.66. The van der Waals surface area contributed by atoms with E-state index in [1.807, 2.05) is 12.1 Å². The summed E-state index contributed by atoms with van der Waals surface area (Å²) in [5.74, 6) is 2.19. The zero-order valence-corrected chi connectivity index (χ0v) is 14.4. The van der Waals surface area contributed by atoms with E-state index in [1.54, 1.807) is 13.2 Å². The van der Waals surface area contributed by atoms with Crippen LogP contribution in [0.4, 0.5) is 0 Å². The van der Waals surface area contributed by atoms with Crippen molar-refractivity contribution in [1.82, 2.24) is 9.80 Å². The number of hydrogen-bond donors (Lipinski definition) is 0. The maximum absolute atomic E-state index is 12.7. The van der Waals surface area contributed by atoms with Gasteiger partial charge in [0.2, 0.25) is 5.91 Å². The highest BCUT2D eigenvalue weighted by Crippen LogP contribution is 2.46. The van der Waals surface area contributed by atoms with E-state index in [2.05, 4.69) is 28.5 Å². The lowest BCUT2D eigenvalue weighted by Crippen LogP contribution is -2.60. The second-order valence-corrected chi connectivity index (χ2v) is 7.27. The zero-order valence-electron chi connectivity index (χ0n) is 14.4. The molecule has 4 heterocycles. The van der Waals surface area contributed by atoms with Crippen LogP contribution in [-0.4, -0.2) is 54.5 Å². The van der Waals surface area contributed by atoms with Crippen LogP contribution in [0, 0.1) is 5.92 Å². The fourth-order valence-corrected chi connectivity index (χ4v) is 5.09. The zero-order chi connectivity index (χ0) is 16.7.